The van der Waals surface area contributed by atoms with Crippen molar-refractivity contribution in [3.63, 3.8) is 0 Å². The number of carbonyl (C=O) groups excluding carboxylic acids is 1. The average Bonchev–Trinajstić information content (AvgIpc) is 3.09. The molecule has 152 valence electrons. The molecular formula is C24H29N3O2. The number of H-pyrrole nitrogens is 1. The summed E-state index contributed by atoms with van der Waals surface area (Å²) < 4.78 is 5.40. The van der Waals surface area contributed by atoms with Crippen LogP contribution in [-0.4, -0.2) is 16.3 Å². The molecule has 0 fully saturated rings. The maximum atomic E-state index is 12.4. The first-order valence-corrected chi connectivity index (χ1v) is 10.0. The summed E-state index contributed by atoms with van der Waals surface area (Å²) in [7, 11) is 0. The van der Waals surface area contributed by atoms with E-state index in [1.165, 1.54) is 5.56 Å². The summed E-state index contributed by atoms with van der Waals surface area (Å²) in [6.07, 6.45) is 1.25. The minimum absolute atomic E-state index is 0.0831. The van der Waals surface area contributed by atoms with Crippen molar-refractivity contribution in [2.24, 2.45) is 0 Å². The number of hydrogen-bond acceptors (Lipinski definition) is 3. The maximum Gasteiger partial charge on any atom is 0.412 e. The molecule has 0 unspecified atom stereocenters. The smallest absolute Gasteiger partial charge is 0.412 e. The van der Waals surface area contributed by atoms with Gasteiger partial charge in [-0.2, -0.15) is 5.10 Å². The number of hydrogen-bond donors (Lipinski definition) is 2. The van der Waals surface area contributed by atoms with Gasteiger partial charge >= 0.3 is 6.09 Å². The lowest BCUT2D eigenvalue weighted by Crippen LogP contribution is -2.15. The molecule has 0 saturated carbocycles. The molecule has 0 bridgehead atoms. The average molecular weight is 392 g/mol. The second kappa shape index (κ2) is 8.95. The van der Waals surface area contributed by atoms with Crippen LogP contribution in [0.25, 0.3) is 11.3 Å². The topological polar surface area (TPSA) is 67.0 Å². The van der Waals surface area contributed by atoms with E-state index in [4.69, 9.17) is 4.74 Å². The van der Waals surface area contributed by atoms with Crippen molar-refractivity contribution in [3.05, 3.63) is 71.4 Å². The molecule has 0 aliphatic rings. The van der Waals surface area contributed by atoms with Crippen LogP contribution >= 0.6 is 0 Å². The van der Waals surface area contributed by atoms with Crippen LogP contribution in [0.15, 0.2) is 54.6 Å². The lowest BCUT2D eigenvalue weighted by Gasteiger charge is -2.19. The fraction of sp³-hybridized carbons (Fsp3) is 0.333. The number of aromatic nitrogens is 2. The second-order valence-electron chi connectivity index (χ2n) is 8.19. The predicted octanol–water partition coefficient (Wildman–Crippen LogP) is 6.08. The van der Waals surface area contributed by atoms with Crippen molar-refractivity contribution < 1.29 is 9.53 Å². The molecule has 3 rings (SSSR count). The quantitative estimate of drug-likeness (QED) is 0.535. The minimum Gasteiger partial charge on any atom is -0.444 e. The normalized spacial score (nSPS) is 11.3. The first kappa shape index (κ1) is 20.6. The van der Waals surface area contributed by atoms with Gasteiger partial charge in [0, 0.05) is 5.56 Å². The number of ether oxygens (including phenoxy) is 1. The largest absolute Gasteiger partial charge is 0.444 e. The number of nitrogens with zero attached hydrogens (tertiary/aromatic N) is 1. The van der Waals surface area contributed by atoms with E-state index in [-0.39, 0.29) is 12.0 Å². The van der Waals surface area contributed by atoms with E-state index in [1.54, 1.807) is 0 Å². The standard InChI is InChI=1S/C24H29N3O2/c1-5-9-20-22(25-23(28)29-16-17-10-7-6-8-11-17)21(27-26-20)18-12-14-19(15-13-18)24(2,3)4/h6-8,10-15H,5,9,16H2,1-4H3,(H,25,28)(H,26,27). The van der Waals surface area contributed by atoms with E-state index in [0.29, 0.717) is 5.69 Å². The molecule has 1 heterocycles. The minimum atomic E-state index is -0.486. The molecule has 1 aromatic heterocycles. The zero-order valence-electron chi connectivity index (χ0n) is 17.6. The predicted molar refractivity (Wildman–Crippen MR) is 117 cm³/mol. The number of nitrogens with one attached hydrogen (secondary N) is 2. The Morgan fingerprint density at radius 2 is 1.76 bits per heavy atom. The second-order valence-corrected chi connectivity index (χ2v) is 8.19. The molecule has 2 N–H and O–H groups in total. The van der Waals surface area contributed by atoms with Gasteiger partial charge < -0.3 is 4.74 Å². The van der Waals surface area contributed by atoms with Crippen molar-refractivity contribution in [1.29, 1.82) is 0 Å². The van der Waals surface area contributed by atoms with Gasteiger partial charge in [0.1, 0.15) is 12.3 Å². The molecule has 5 nitrogen and oxygen atoms in total. The zero-order chi connectivity index (χ0) is 20.9. The summed E-state index contributed by atoms with van der Waals surface area (Å²) in [6.45, 7) is 8.88. The highest BCUT2D eigenvalue weighted by molar-refractivity contribution is 5.91. The Balaban J connectivity index is 1.80. The molecule has 29 heavy (non-hydrogen) atoms. The van der Waals surface area contributed by atoms with E-state index in [9.17, 15) is 4.79 Å². The van der Waals surface area contributed by atoms with Gasteiger partial charge in [-0.15, -0.1) is 0 Å². The molecule has 0 aliphatic heterocycles. The number of rotatable bonds is 6. The van der Waals surface area contributed by atoms with Gasteiger partial charge in [0.25, 0.3) is 0 Å². The van der Waals surface area contributed by atoms with E-state index in [0.717, 1.165) is 35.4 Å². The number of amides is 1. The van der Waals surface area contributed by atoms with Crippen LogP contribution in [0.1, 0.15) is 50.9 Å². The van der Waals surface area contributed by atoms with Crippen LogP contribution < -0.4 is 5.32 Å². The van der Waals surface area contributed by atoms with Crippen molar-refractivity contribution in [3.8, 4) is 11.3 Å². The summed E-state index contributed by atoms with van der Waals surface area (Å²) in [5.74, 6) is 0. The summed E-state index contributed by atoms with van der Waals surface area (Å²) in [5, 5.41) is 10.5. The first-order chi connectivity index (χ1) is 13.9. The SMILES string of the molecule is CCCc1[nH]nc(-c2ccc(C(C)(C)C)cc2)c1NC(=O)OCc1ccccc1. The number of benzene rings is 2. The van der Waals surface area contributed by atoms with Crippen LogP contribution in [0.2, 0.25) is 0 Å². The van der Waals surface area contributed by atoms with Gasteiger partial charge in [0.05, 0.1) is 11.4 Å². The number of aryl methyl sites for hydroxylation is 1. The molecule has 0 aliphatic carbocycles. The van der Waals surface area contributed by atoms with Gasteiger partial charge in [-0.3, -0.25) is 10.4 Å². The first-order valence-electron chi connectivity index (χ1n) is 10.0. The Morgan fingerprint density at radius 1 is 1.07 bits per heavy atom. The molecule has 5 heteroatoms. The third-order valence-corrected chi connectivity index (χ3v) is 4.81. The highest BCUT2D eigenvalue weighted by Gasteiger charge is 2.19. The highest BCUT2D eigenvalue weighted by atomic mass is 16.5. The monoisotopic (exact) mass is 391 g/mol. The Kier molecular flexibility index (Phi) is 6.37. The number of aromatic amines is 1. The third kappa shape index (κ3) is 5.25. The summed E-state index contributed by atoms with van der Waals surface area (Å²) in [4.78, 5) is 12.4. The van der Waals surface area contributed by atoms with Gasteiger partial charge in [-0.05, 0) is 23.0 Å². The zero-order valence-corrected chi connectivity index (χ0v) is 17.6. The number of anilines is 1. The van der Waals surface area contributed by atoms with Gasteiger partial charge in [0.2, 0.25) is 0 Å². The van der Waals surface area contributed by atoms with Crippen molar-refractivity contribution >= 4 is 11.8 Å². The molecule has 1 amide bonds. The van der Waals surface area contributed by atoms with Gasteiger partial charge in [-0.25, -0.2) is 4.79 Å². The molecule has 0 saturated heterocycles. The molecular weight excluding hydrogens is 362 g/mol. The molecule has 0 spiro atoms. The van der Waals surface area contributed by atoms with E-state index >= 15 is 0 Å². The van der Waals surface area contributed by atoms with E-state index < -0.39 is 6.09 Å². The lowest BCUT2D eigenvalue weighted by atomic mass is 9.86. The Hall–Kier alpha value is -3.08. The Labute approximate surface area is 172 Å². The van der Waals surface area contributed by atoms with E-state index in [2.05, 4.69) is 55.3 Å². The fourth-order valence-electron chi connectivity index (χ4n) is 3.14. The molecule has 0 atom stereocenters. The van der Waals surface area contributed by atoms with Crippen LogP contribution in [0, 0.1) is 0 Å². The lowest BCUT2D eigenvalue weighted by molar-refractivity contribution is 0.155. The molecule has 2 aromatic carbocycles. The summed E-state index contributed by atoms with van der Waals surface area (Å²) in [6, 6.07) is 18.0. The fourth-order valence-corrected chi connectivity index (χ4v) is 3.14. The third-order valence-electron chi connectivity index (χ3n) is 4.81. The highest BCUT2D eigenvalue weighted by Crippen LogP contribution is 2.32. The molecule has 3 aromatic rings. The van der Waals surface area contributed by atoms with Crippen LogP contribution in [0.5, 0.6) is 0 Å². The van der Waals surface area contributed by atoms with Crippen molar-refractivity contribution in [2.45, 2.75) is 52.6 Å². The summed E-state index contributed by atoms with van der Waals surface area (Å²) in [5.41, 5.74) is 5.55. The Bertz CT molecular complexity index is 939. The van der Waals surface area contributed by atoms with Crippen LogP contribution in [0.4, 0.5) is 10.5 Å². The maximum absolute atomic E-state index is 12.4. The Morgan fingerprint density at radius 3 is 2.38 bits per heavy atom. The number of carbonyl (C=O) groups is 1. The van der Waals surface area contributed by atoms with Crippen molar-refractivity contribution in [1.82, 2.24) is 10.2 Å². The molecule has 0 radical (unpaired) electrons. The van der Waals surface area contributed by atoms with Gasteiger partial charge in [-0.1, -0.05) is 88.7 Å². The van der Waals surface area contributed by atoms with Crippen LogP contribution in [-0.2, 0) is 23.2 Å². The van der Waals surface area contributed by atoms with Crippen molar-refractivity contribution in [2.75, 3.05) is 5.32 Å². The van der Waals surface area contributed by atoms with Gasteiger partial charge in [0.15, 0.2) is 0 Å². The summed E-state index contributed by atoms with van der Waals surface area (Å²) >= 11 is 0. The van der Waals surface area contributed by atoms with Crippen LogP contribution in [0.3, 0.4) is 0 Å². The van der Waals surface area contributed by atoms with E-state index in [1.807, 2.05) is 42.5 Å².